The van der Waals surface area contributed by atoms with Gasteiger partial charge in [0, 0.05) is 42.3 Å². The minimum atomic E-state index is -0.0964. The summed E-state index contributed by atoms with van der Waals surface area (Å²) in [6, 6.07) is 17.3. The van der Waals surface area contributed by atoms with E-state index in [2.05, 4.69) is 20.6 Å². The summed E-state index contributed by atoms with van der Waals surface area (Å²) in [6.07, 6.45) is 3.56. The first-order valence-corrected chi connectivity index (χ1v) is 8.79. The van der Waals surface area contributed by atoms with Crippen LogP contribution in [-0.2, 0) is 0 Å². The third-order valence-electron chi connectivity index (χ3n) is 3.98. The average Bonchev–Trinajstić information content (AvgIpc) is 2.69. The van der Waals surface area contributed by atoms with Crippen molar-refractivity contribution in [2.45, 2.75) is 0 Å². The molecule has 6 heteroatoms. The van der Waals surface area contributed by atoms with Crippen LogP contribution in [0.25, 0.3) is 11.1 Å². The molecule has 0 bridgehead atoms. The monoisotopic (exact) mass is 361 g/mol. The molecule has 0 unspecified atom stereocenters. The molecule has 3 aromatic rings. The van der Waals surface area contributed by atoms with E-state index < -0.39 is 0 Å². The molecule has 0 atom stereocenters. The molecule has 0 spiro atoms. The molecule has 0 saturated carbocycles. The topological polar surface area (TPSA) is 70.2 Å². The average molecular weight is 361 g/mol. The van der Waals surface area contributed by atoms with Crippen molar-refractivity contribution >= 4 is 17.5 Å². The van der Waals surface area contributed by atoms with Crippen LogP contribution >= 0.6 is 0 Å². The van der Waals surface area contributed by atoms with Gasteiger partial charge in [0.05, 0.1) is 0 Å². The van der Waals surface area contributed by atoms with E-state index in [4.69, 9.17) is 0 Å². The molecule has 1 heterocycles. The summed E-state index contributed by atoms with van der Waals surface area (Å²) in [5.41, 5.74) is 3.39. The Morgan fingerprint density at radius 2 is 1.70 bits per heavy atom. The lowest BCUT2D eigenvalue weighted by molar-refractivity contribution is 0.0951. The van der Waals surface area contributed by atoms with E-state index in [9.17, 15) is 4.79 Å². The van der Waals surface area contributed by atoms with Gasteiger partial charge in [-0.25, -0.2) is 9.97 Å². The fraction of sp³-hybridized carbons (Fsp3) is 0.190. The number of amides is 1. The standard InChI is InChI=1S/C21H23N5O/c1-26(2)12-11-22-20(27)17-9-6-10-19(13-17)25-21-23-14-18(15-24-21)16-7-4-3-5-8-16/h3-10,13-15H,11-12H2,1-2H3,(H,22,27)(H,23,24,25). The highest BCUT2D eigenvalue weighted by atomic mass is 16.1. The Morgan fingerprint density at radius 1 is 0.963 bits per heavy atom. The molecule has 27 heavy (non-hydrogen) atoms. The third-order valence-corrected chi connectivity index (χ3v) is 3.98. The first kappa shape index (κ1) is 18.5. The lowest BCUT2D eigenvalue weighted by Crippen LogP contribution is -2.31. The Kier molecular flexibility index (Phi) is 6.12. The zero-order valence-corrected chi connectivity index (χ0v) is 15.5. The number of likely N-dealkylation sites (N-methyl/N-ethyl adjacent to an activating group) is 1. The SMILES string of the molecule is CN(C)CCNC(=O)c1cccc(Nc2ncc(-c3ccccc3)cn2)c1. The van der Waals surface area contributed by atoms with Crippen molar-refractivity contribution in [2.75, 3.05) is 32.5 Å². The zero-order chi connectivity index (χ0) is 19.1. The molecule has 6 nitrogen and oxygen atoms in total. The van der Waals surface area contributed by atoms with Crippen LogP contribution in [0.15, 0.2) is 67.0 Å². The molecular weight excluding hydrogens is 338 g/mol. The molecule has 2 aromatic carbocycles. The molecule has 1 amide bonds. The minimum Gasteiger partial charge on any atom is -0.351 e. The molecule has 0 fully saturated rings. The number of carbonyl (C=O) groups is 1. The van der Waals surface area contributed by atoms with Gasteiger partial charge in [-0.15, -0.1) is 0 Å². The summed E-state index contributed by atoms with van der Waals surface area (Å²) in [7, 11) is 3.94. The Labute approximate surface area is 159 Å². The summed E-state index contributed by atoms with van der Waals surface area (Å²) >= 11 is 0. The van der Waals surface area contributed by atoms with Crippen molar-refractivity contribution in [1.82, 2.24) is 20.2 Å². The predicted molar refractivity (Wildman–Crippen MR) is 108 cm³/mol. The van der Waals surface area contributed by atoms with Gasteiger partial charge in [-0.1, -0.05) is 36.4 Å². The van der Waals surface area contributed by atoms with Crippen LogP contribution in [0.3, 0.4) is 0 Å². The molecule has 138 valence electrons. The van der Waals surface area contributed by atoms with Gasteiger partial charge in [0.25, 0.3) is 5.91 Å². The van der Waals surface area contributed by atoms with Crippen molar-refractivity contribution in [1.29, 1.82) is 0 Å². The first-order chi connectivity index (χ1) is 13.1. The molecule has 2 N–H and O–H groups in total. The van der Waals surface area contributed by atoms with Gasteiger partial charge in [-0.05, 0) is 37.9 Å². The van der Waals surface area contributed by atoms with E-state index in [1.807, 2.05) is 61.5 Å². The fourth-order valence-corrected chi connectivity index (χ4v) is 2.53. The van der Waals surface area contributed by atoms with Crippen LogP contribution < -0.4 is 10.6 Å². The Bertz CT molecular complexity index is 879. The van der Waals surface area contributed by atoms with Gasteiger partial charge in [0.15, 0.2) is 0 Å². The summed E-state index contributed by atoms with van der Waals surface area (Å²) in [5.74, 6) is 0.390. The third kappa shape index (κ3) is 5.36. The van der Waals surface area contributed by atoms with Gasteiger partial charge >= 0.3 is 0 Å². The van der Waals surface area contributed by atoms with E-state index in [1.54, 1.807) is 24.5 Å². The van der Waals surface area contributed by atoms with Gasteiger partial charge < -0.3 is 15.5 Å². The van der Waals surface area contributed by atoms with Crippen molar-refractivity contribution in [3.8, 4) is 11.1 Å². The largest absolute Gasteiger partial charge is 0.351 e. The smallest absolute Gasteiger partial charge is 0.251 e. The Morgan fingerprint density at radius 3 is 2.41 bits per heavy atom. The highest BCUT2D eigenvalue weighted by Gasteiger charge is 2.07. The van der Waals surface area contributed by atoms with Crippen molar-refractivity contribution < 1.29 is 4.79 Å². The molecule has 0 saturated heterocycles. The maximum absolute atomic E-state index is 12.2. The summed E-state index contributed by atoms with van der Waals surface area (Å²) in [4.78, 5) is 23.0. The normalized spacial score (nSPS) is 10.6. The van der Waals surface area contributed by atoms with Gasteiger partial charge in [0.1, 0.15) is 0 Å². The van der Waals surface area contributed by atoms with Crippen LogP contribution in [0.5, 0.6) is 0 Å². The molecular formula is C21H23N5O. The minimum absolute atomic E-state index is 0.0964. The number of hydrogen-bond donors (Lipinski definition) is 2. The van der Waals surface area contributed by atoms with Gasteiger partial charge in [-0.2, -0.15) is 0 Å². The Hall–Kier alpha value is -3.25. The number of rotatable bonds is 7. The number of nitrogens with zero attached hydrogens (tertiary/aromatic N) is 3. The van der Waals surface area contributed by atoms with E-state index in [-0.39, 0.29) is 5.91 Å². The van der Waals surface area contributed by atoms with Crippen molar-refractivity contribution in [3.05, 3.63) is 72.6 Å². The number of nitrogens with one attached hydrogen (secondary N) is 2. The second-order valence-corrected chi connectivity index (χ2v) is 6.43. The highest BCUT2D eigenvalue weighted by Crippen LogP contribution is 2.19. The van der Waals surface area contributed by atoms with Crippen LogP contribution in [0.2, 0.25) is 0 Å². The van der Waals surface area contributed by atoms with Crippen LogP contribution in [-0.4, -0.2) is 48.0 Å². The van der Waals surface area contributed by atoms with Crippen LogP contribution in [0.1, 0.15) is 10.4 Å². The van der Waals surface area contributed by atoms with Crippen LogP contribution in [0, 0.1) is 0 Å². The van der Waals surface area contributed by atoms with E-state index in [1.165, 1.54) is 0 Å². The fourth-order valence-electron chi connectivity index (χ4n) is 2.53. The molecule has 1 aromatic heterocycles. The van der Waals surface area contributed by atoms with E-state index >= 15 is 0 Å². The van der Waals surface area contributed by atoms with Crippen molar-refractivity contribution in [2.24, 2.45) is 0 Å². The first-order valence-electron chi connectivity index (χ1n) is 8.79. The maximum Gasteiger partial charge on any atom is 0.251 e. The van der Waals surface area contributed by atoms with E-state index in [0.29, 0.717) is 18.1 Å². The summed E-state index contributed by atoms with van der Waals surface area (Å²) < 4.78 is 0. The number of benzene rings is 2. The lowest BCUT2D eigenvalue weighted by atomic mass is 10.1. The number of anilines is 2. The zero-order valence-electron chi connectivity index (χ0n) is 15.5. The quantitative estimate of drug-likeness (QED) is 0.676. The second kappa shape index (κ2) is 8.91. The molecule has 0 radical (unpaired) electrons. The predicted octanol–water partition coefficient (Wildman–Crippen LogP) is 3.18. The summed E-state index contributed by atoms with van der Waals surface area (Å²) in [5, 5.41) is 6.05. The van der Waals surface area contributed by atoms with Gasteiger partial charge in [0.2, 0.25) is 5.95 Å². The number of hydrogen-bond acceptors (Lipinski definition) is 5. The van der Waals surface area contributed by atoms with Crippen LogP contribution in [0.4, 0.5) is 11.6 Å². The molecule has 0 aliphatic carbocycles. The van der Waals surface area contributed by atoms with Crippen molar-refractivity contribution in [3.63, 3.8) is 0 Å². The number of aromatic nitrogens is 2. The number of carbonyl (C=O) groups excluding carboxylic acids is 1. The Balaban J connectivity index is 1.65. The molecule has 0 aliphatic heterocycles. The second-order valence-electron chi connectivity index (χ2n) is 6.43. The molecule has 3 rings (SSSR count). The summed E-state index contributed by atoms with van der Waals surface area (Å²) in [6.45, 7) is 1.40. The molecule has 0 aliphatic rings. The lowest BCUT2D eigenvalue weighted by Gasteiger charge is -2.11. The maximum atomic E-state index is 12.2. The highest BCUT2D eigenvalue weighted by molar-refractivity contribution is 5.95. The van der Waals surface area contributed by atoms with Gasteiger partial charge in [-0.3, -0.25) is 4.79 Å². The van der Waals surface area contributed by atoms with E-state index in [0.717, 1.165) is 23.4 Å².